The van der Waals surface area contributed by atoms with Gasteiger partial charge in [0.1, 0.15) is 11.8 Å². The number of aliphatic carboxylic acids is 1. The van der Waals surface area contributed by atoms with Crippen molar-refractivity contribution in [3.8, 4) is 5.75 Å². The lowest BCUT2D eigenvalue weighted by molar-refractivity contribution is -0.139. The van der Waals surface area contributed by atoms with Gasteiger partial charge in [-0.3, -0.25) is 0 Å². The van der Waals surface area contributed by atoms with Gasteiger partial charge in [-0.25, -0.2) is 9.59 Å². The van der Waals surface area contributed by atoms with Gasteiger partial charge in [0.15, 0.2) is 0 Å². The summed E-state index contributed by atoms with van der Waals surface area (Å²) in [5, 5.41) is 23.4. The standard InChI is InChI=1S/C14H18N2O4/c17-11-5-3-9(4-6-11)7-12(13(18)19)16-14(20)15-8-10-1-2-10/h3-6,10,12,17H,1-2,7-8H2,(H,18,19)(H2,15,16,20). The monoisotopic (exact) mass is 278 g/mol. The SMILES string of the molecule is O=C(NCC1CC1)NC(Cc1ccc(O)cc1)C(=O)O. The van der Waals surface area contributed by atoms with Gasteiger partial charge >= 0.3 is 12.0 Å². The number of carboxylic acid groups (broad SMARTS) is 1. The third kappa shape index (κ3) is 4.46. The zero-order valence-electron chi connectivity index (χ0n) is 11.0. The van der Waals surface area contributed by atoms with Crippen LogP contribution in [0.3, 0.4) is 0 Å². The molecule has 1 atom stereocenters. The van der Waals surface area contributed by atoms with Gasteiger partial charge in [0.2, 0.25) is 0 Å². The molecule has 108 valence electrons. The van der Waals surface area contributed by atoms with Crippen molar-refractivity contribution in [1.82, 2.24) is 10.6 Å². The van der Waals surface area contributed by atoms with Crippen LogP contribution in [0, 0.1) is 5.92 Å². The Hall–Kier alpha value is -2.24. The Morgan fingerprint density at radius 1 is 1.25 bits per heavy atom. The number of hydrogen-bond acceptors (Lipinski definition) is 3. The van der Waals surface area contributed by atoms with E-state index >= 15 is 0 Å². The van der Waals surface area contributed by atoms with Crippen LogP contribution in [0.15, 0.2) is 24.3 Å². The lowest BCUT2D eigenvalue weighted by Gasteiger charge is -2.15. The van der Waals surface area contributed by atoms with Crippen LogP contribution in [0.1, 0.15) is 18.4 Å². The second-order valence-corrected chi connectivity index (χ2v) is 5.06. The van der Waals surface area contributed by atoms with Crippen molar-refractivity contribution >= 4 is 12.0 Å². The topological polar surface area (TPSA) is 98.7 Å². The molecule has 2 amide bonds. The molecule has 6 nitrogen and oxygen atoms in total. The van der Waals surface area contributed by atoms with Crippen LogP contribution in [-0.2, 0) is 11.2 Å². The normalized spacial score (nSPS) is 15.4. The molecule has 0 spiro atoms. The molecule has 6 heteroatoms. The number of benzene rings is 1. The highest BCUT2D eigenvalue weighted by molar-refractivity contribution is 5.82. The van der Waals surface area contributed by atoms with Gasteiger partial charge in [-0.2, -0.15) is 0 Å². The van der Waals surface area contributed by atoms with Gasteiger partial charge in [0.25, 0.3) is 0 Å². The number of carbonyl (C=O) groups excluding carboxylic acids is 1. The van der Waals surface area contributed by atoms with Gasteiger partial charge in [0.05, 0.1) is 0 Å². The molecule has 0 heterocycles. The van der Waals surface area contributed by atoms with E-state index in [9.17, 15) is 14.7 Å². The average Bonchev–Trinajstić information content (AvgIpc) is 3.22. The summed E-state index contributed by atoms with van der Waals surface area (Å²) >= 11 is 0. The molecule has 1 aromatic carbocycles. The Labute approximate surface area is 116 Å². The Balaban J connectivity index is 1.87. The first kappa shape index (κ1) is 14.2. The van der Waals surface area contributed by atoms with Crippen molar-refractivity contribution in [2.45, 2.75) is 25.3 Å². The third-order valence-corrected chi connectivity index (χ3v) is 3.23. The predicted molar refractivity (Wildman–Crippen MR) is 72.5 cm³/mol. The summed E-state index contributed by atoms with van der Waals surface area (Å²) in [7, 11) is 0. The molecule has 1 saturated carbocycles. The number of amides is 2. The summed E-state index contributed by atoms with van der Waals surface area (Å²) in [6.07, 6.45) is 2.42. The molecule has 0 aromatic heterocycles. The van der Waals surface area contributed by atoms with Crippen LogP contribution in [0.4, 0.5) is 4.79 Å². The molecule has 0 bridgehead atoms. The zero-order valence-corrected chi connectivity index (χ0v) is 11.0. The Kier molecular flexibility index (Phi) is 4.45. The fourth-order valence-electron chi connectivity index (χ4n) is 1.84. The molecular formula is C14H18N2O4. The predicted octanol–water partition coefficient (Wildman–Crippen LogP) is 1.10. The highest BCUT2D eigenvalue weighted by atomic mass is 16.4. The van der Waals surface area contributed by atoms with Crippen molar-refractivity contribution in [2.75, 3.05) is 6.54 Å². The van der Waals surface area contributed by atoms with Crippen LogP contribution in [0.2, 0.25) is 0 Å². The highest BCUT2D eigenvalue weighted by Gasteiger charge is 2.24. The molecule has 1 fully saturated rings. The fraction of sp³-hybridized carbons (Fsp3) is 0.429. The molecule has 4 N–H and O–H groups in total. The van der Waals surface area contributed by atoms with Gasteiger partial charge in [-0.05, 0) is 36.5 Å². The maximum Gasteiger partial charge on any atom is 0.326 e. The van der Waals surface area contributed by atoms with Crippen molar-refractivity contribution in [2.24, 2.45) is 5.92 Å². The van der Waals surface area contributed by atoms with E-state index in [1.807, 2.05) is 0 Å². The average molecular weight is 278 g/mol. The molecule has 0 saturated heterocycles. The van der Waals surface area contributed by atoms with E-state index in [-0.39, 0.29) is 12.2 Å². The second-order valence-electron chi connectivity index (χ2n) is 5.06. The molecule has 1 aliphatic rings. The van der Waals surface area contributed by atoms with Crippen LogP contribution in [-0.4, -0.2) is 34.8 Å². The van der Waals surface area contributed by atoms with E-state index < -0.39 is 18.0 Å². The first-order chi connectivity index (χ1) is 9.54. The number of nitrogens with one attached hydrogen (secondary N) is 2. The van der Waals surface area contributed by atoms with Crippen molar-refractivity contribution < 1.29 is 19.8 Å². The molecule has 20 heavy (non-hydrogen) atoms. The Morgan fingerprint density at radius 2 is 1.90 bits per heavy atom. The van der Waals surface area contributed by atoms with E-state index in [2.05, 4.69) is 10.6 Å². The maximum absolute atomic E-state index is 11.6. The summed E-state index contributed by atoms with van der Waals surface area (Å²) in [4.78, 5) is 22.8. The number of carbonyl (C=O) groups is 2. The van der Waals surface area contributed by atoms with Crippen LogP contribution in [0.5, 0.6) is 5.75 Å². The van der Waals surface area contributed by atoms with E-state index in [1.54, 1.807) is 12.1 Å². The molecule has 0 radical (unpaired) electrons. The molecule has 2 rings (SSSR count). The van der Waals surface area contributed by atoms with Crippen LogP contribution >= 0.6 is 0 Å². The minimum Gasteiger partial charge on any atom is -0.508 e. The molecule has 1 unspecified atom stereocenters. The lowest BCUT2D eigenvalue weighted by Crippen LogP contribution is -2.47. The minimum atomic E-state index is -1.08. The second kappa shape index (κ2) is 6.27. The molecular weight excluding hydrogens is 260 g/mol. The molecule has 1 aliphatic carbocycles. The number of rotatable bonds is 6. The van der Waals surface area contributed by atoms with Crippen molar-refractivity contribution in [3.05, 3.63) is 29.8 Å². The number of aromatic hydroxyl groups is 1. The van der Waals surface area contributed by atoms with Gasteiger partial charge < -0.3 is 20.8 Å². The number of urea groups is 1. The summed E-state index contributed by atoms with van der Waals surface area (Å²) in [6.45, 7) is 0.595. The lowest BCUT2D eigenvalue weighted by atomic mass is 10.1. The van der Waals surface area contributed by atoms with E-state index in [0.29, 0.717) is 12.5 Å². The third-order valence-electron chi connectivity index (χ3n) is 3.23. The van der Waals surface area contributed by atoms with Crippen LogP contribution < -0.4 is 10.6 Å². The van der Waals surface area contributed by atoms with Gasteiger partial charge in [-0.15, -0.1) is 0 Å². The maximum atomic E-state index is 11.6. The molecule has 0 aliphatic heterocycles. The number of phenolic OH excluding ortho intramolecular Hbond substituents is 1. The zero-order chi connectivity index (χ0) is 14.5. The number of phenols is 1. The van der Waals surface area contributed by atoms with Crippen molar-refractivity contribution in [1.29, 1.82) is 0 Å². The van der Waals surface area contributed by atoms with Gasteiger partial charge in [0, 0.05) is 13.0 Å². The minimum absolute atomic E-state index is 0.121. The largest absolute Gasteiger partial charge is 0.508 e. The first-order valence-electron chi connectivity index (χ1n) is 6.59. The van der Waals surface area contributed by atoms with Crippen LogP contribution in [0.25, 0.3) is 0 Å². The van der Waals surface area contributed by atoms with Gasteiger partial charge in [-0.1, -0.05) is 12.1 Å². The Bertz CT molecular complexity index is 482. The van der Waals surface area contributed by atoms with E-state index in [0.717, 1.165) is 18.4 Å². The van der Waals surface area contributed by atoms with Crippen molar-refractivity contribution in [3.63, 3.8) is 0 Å². The van der Waals surface area contributed by atoms with E-state index in [4.69, 9.17) is 5.11 Å². The smallest absolute Gasteiger partial charge is 0.326 e. The molecule has 1 aromatic rings. The quantitative estimate of drug-likeness (QED) is 0.626. The first-order valence-corrected chi connectivity index (χ1v) is 6.59. The summed E-state index contributed by atoms with van der Waals surface area (Å²) in [6, 6.07) is 4.80. The number of hydrogen-bond donors (Lipinski definition) is 4. The highest BCUT2D eigenvalue weighted by Crippen LogP contribution is 2.27. The Morgan fingerprint density at radius 3 is 2.45 bits per heavy atom. The summed E-state index contributed by atoms with van der Waals surface area (Å²) in [5.41, 5.74) is 0.734. The number of carboxylic acids is 1. The van der Waals surface area contributed by atoms with E-state index in [1.165, 1.54) is 12.1 Å². The summed E-state index contributed by atoms with van der Waals surface area (Å²) < 4.78 is 0. The summed E-state index contributed by atoms with van der Waals surface area (Å²) in [5.74, 6) is -0.420. The fourth-order valence-corrected chi connectivity index (χ4v) is 1.84.